The summed E-state index contributed by atoms with van der Waals surface area (Å²) in [4.78, 5) is 36.7. The van der Waals surface area contributed by atoms with Crippen molar-refractivity contribution >= 4 is 22.7 Å². The van der Waals surface area contributed by atoms with Crippen LogP contribution in [0, 0.1) is 10.1 Å². The molecule has 0 fully saturated rings. The number of carbonyl (C=O) groups excluding carboxylic acids is 1. The zero-order valence-corrected chi connectivity index (χ0v) is 13.8. The highest BCUT2D eigenvalue weighted by molar-refractivity contribution is 5.81. The lowest BCUT2D eigenvalue weighted by atomic mass is 10.00. The van der Waals surface area contributed by atoms with Crippen LogP contribution in [0.15, 0.2) is 51.7 Å². The van der Waals surface area contributed by atoms with Gasteiger partial charge in [-0.3, -0.25) is 19.5 Å². The number of benzene rings is 2. The van der Waals surface area contributed by atoms with E-state index in [9.17, 15) is 19.7 Å². The Balaban J connectivity index is 1.59. The number of nitro groups is 1. The highest BCUT2D eigenvalue weighted by atomic mass is 16.6. The topological polar surface area (TPSA) is 98.6 Å². The molecule has 1 aliphatic rings. The number of non-ortho nitro benzene ring substituents is 1. The molecule has 1 aromatic heterocycles. The molecule has 0 saturated carbocycles. The fraction of sp³-hybridized carbons (Fsp3) is 0.222. The Morgan fingerprint density at radius 2 is 1.96 bits per heavy atom. The molecule has 0 atom stereocenters. The molecule has 0 radical (unpaired) electrons. The molecule has 1 aliphatic heterocycles. The number of nitro benzene ring substituents is 1. The Hall–Kier alpha value is -3.42. The summed E-state index contributed by atoms with van der Waals surface area (Å²) in [5, 5.41) is 10.8. The molecule has 0 bridgehead atoms. The first kappa shape index (κ1) is 16.1. The molecule has 4 rings (SSSR count). The van der Waals surface area contributed by atoms with Crippen LogP contribution in [0.1, 0.15) is 11.1 Å². The molecular weight excluding hydrogens is 338 g/mol. The molecule has 2 heterocycles. The van der Waals surface area contributed by atoms with Crippen LogP contribution >= 0.6 is 0 Å². The predicted octanol–water partition coefficient (Wildman–Crippen LogP) is 2.09. The van der Waals surface area contributed by atoms with Crippen LogP contribution in [0.2, 0.25) is 0 Å². The summed E-state index contributed by atoms with van der Waals surface area (Å²) in [6.07, 6.45) is 0.773. The Labute approximate surface area is 147 Å². The summed E-state index contributed by atoms with van der Waals surface area (Å²) in [6.45, 7) is 0.933. The summed E-state index contributed by atoms with van der Waals surface area (Å²) in [7, 11) is 0. The van der Waals surface area contributed by atoms with Crippen LogP contribution in [0.4, 0.5) is 5.69 Å². The van der Waals surface area contributed by atoms with Crippen LogP contribution < -0.4 is 5.76 Å². The average molecular weight is 353 g/mol. The van der Waals surface area contributed by atoms with Gasteiger partial charge < -0.3 is 9.32 Å². The SMILES string of the molecule is O=C(Cn1c(=O)oc2cc([N+](=O)[O-])ccc21)N1CCc2ccccc2C1. The molecule has 0 N–H and O–H groups in total. The maximum absolute atomic E-state index is 12.7. The standard InChI is InChI=1S/C18H15N3O5/c22-17(19-8-7-12-3-1-2-4-13(12)10-19)11-20-15-6-5-14(21(24)25)9-16(15)26-18(20)23/h1-6,9H,7-8,10-11H2. The minimum absolute atomic E-state index is 0.0981. The van der Waals surface area contributed by atoms with Gasteiger partial charge in [0, 0.05) is 19.2 Å². The van der Waals surface area contributed by atoms with Crippen LogP contribution in [0.25, 0.3) is 11.1 Å². The highest BCUT2D eigenvalue weighted by Crippen LogP contribution is 2.21. The molecule has 132 valence electrons. The van der Waals surface area contributed by atoms with Gasteiger partial charge >= 0.3 is 5.76 Å². The number of hydrogen-bond acceptors (Lipinski definition) is 5. The lowest BCUT2D eigenvalue weighted by Crippen LogP contribution is -2.39. The number of oxazole rings is 1. The Bertz CT molecular complexity index is 1080. The summed E-state index contributed by atoms with van der Waals surface area (Å²) in [6, 6.07) is 11.9. The lowest BCUT2D eigenvalue weighted by molar-refractivity contribution is -0.384. The van der Waals surface area contributed by atoms with Gasteiger partial charge in [0.15, 0.2) is 5.58 Å². The maximum atomic E-state index is 12.7. The quantitative estimate of drug-likeness (QED) is 0.530. The average Bonchev–Trinajstić information content (AvgIpc) is 2.95. The van der Waals surface area contributed by atoms with Gasteiger partial charge in [0.05, 0.1) is 16.5 Å². The van der Waals surface area contributed by atoms with Crippen molar-refractivity contribution in [3.05, 3.63) is 74.3 Å². The van der Waals surface area contributed by atoms with E-state index in [4.69, 9.17) is 4.42 Å². The molecular formula is C18H15N3O5. The fourth-order valence-corrected chi connectivity index (χ4v) is 3.26. The van der Waals surface area contributed by atoms with E-state index in [2.05, 4.69) is 6.07 Å². The minimum atomic E-state index is -0.703. The number of hydrogen-bond donors (Lipinski definition) is 0. The van der Waals surface area contributed by atoms with Crippen LogP contribution in [0.3, 0.4) is 0 Å². The Kier molecular flexibility index (Phi) is 3.80. The molecule has 3 aromatic rings. The number of aromatic nitrogens is 1. The van der Waals surface area contributed by atoms with Gasteiger partial charge in [-0.2, -0.15) is 0 Å². The number of amides is 1. The van der Waals surface area contributed by atoms with E-state index >= 15 is 0 Å². The van der Waals surface area contributed by atoms with Crippen molar-refractivity contribution in [2.75, 3.05) is 6.54 Å². The van der Waals surface area contributed by atoms with Crippen molar-refractivity contribution < 1.29 is 14.1 Å². The first-order valence-electron chi connectivity index (χ1n) is 8.15. The zero-order chi connectivity index (χ0) is 18.3. The number of carbonyl (C=O) groups is 1. The first-order valence-corrected chi connectivity index (χ1v) is 8.15. The van der Waals surface area contributed by atoms with Crippen LogP contribution in [0.5, 0.6) is 0 Å². The van der Waals surface area contributed by atoms with Gasteiger partial charge in [0.1, 0.15) is 6.54 Å². The number of nitrogens with zero attached hydrogens (tertiary/aromatic N) is 3. The van der Waals surface area contributed by atoms with E-state index in [-0.39, 0.29) is 23.7 Å². The molecule has 2 aromatic carbocycles. The molecule has 1 amide bonds. The molecule has 0 unspecified atom stereocenters. The number of fused-ring (bicyclic) bond motifs is 2. The van der Waals surface area contributed by atoms with Gasteiger partial charge in [0.2, 0.25) is 5.91 Å². The van der Waals surface area contributed by atoms with Crippen molar-refractivity contribution in [3.8, 4) is 0 Å². The molecule has 0 spiro atoms. The second-order valence-corrected chi connectivity index (χ2v) is 6.20. The summed E-state index contributed by atoms with van der Waals surface area (Å²) in [5.74, 6) is -0.895. The van der Waals surface area contributed by atoms with Gasteiger partial charge in [-0.05, 0) is 23.6 Å². The monoisotopic (exact) mass is 353 g/mol. The normalized spacial score (nSPS) is 13.6. The third-order valence-electron chi connectivity index (χ3n) is 4.64. The van der Waals surface area contributed by atoms with Gasteiger partial charge in [-0.1, -0.05) is 24.3 Å². The summed E-state index contributed by atoms with van der Waals surface area (Å²) >= 11 is 0. The zero-order valence-electron chi connectivity index (χ0n) is 13.8. The molecule has 8 nitrogen and oxygen atoms in total. The van der Waals surface area contributed by atoms with Crippen LogP contribution in [-0.4, -0.2) is 26.8 Å². The van der Waals surface area contributed by atoms with E-state index in [1.807, 2.05) is 18.2 Å². The summed E-state index contributed by atoms with van der Waals surface area (Å²) < 4.78 is 6.28. The maximum Gasteiger partial charge on any atom is 0.420 e. The van der Waals surface area contributed by atoms with E-state index < -0.39 is 10.7 Å². The number of rotatable bonds is 3. The van der Waals surface area contributed by atoms with E-state index in [1.165, 1.54) is 28.3 Å². The molecule has 26 heavy (non-hydrogen) atoms. The fourth-order valence-electron chi connectivity index (χ4n) is 3.26. The van der Waals surface area contributed by atoms with Crippen LogP contribution in [-0.2, 0) is 24.3 Å². The van der Waals surface area contributed by atoms with Gasteiger partial charge in [-0.15, -0.1) is 0 Å². The molecule has 8 heteroatoms. The van der Waals surface area contributed by atoms with Gasteiger partial charge in [0.25, 0.3) is 5.69 Å². The largest absolute Gasteiger partial charge is 0.420 e. The minimum Gasteiger partial charge on any atom is -0.407 e. The van der Waals surface area contributed by atoms with E-state index in [0.717, 1.165) is 12.0 Å². The van der Waals surface area contributed by atoms with E-state index in [1.54, 1.807) is 4.90 Å². The molecule has 0 saturated heterocycles. The first-order chi connectivity index (χ1) is 12.5. The highest BCUT2D eigenvalue weighted by Gasteiger charge is 2.23. The second kappa shape index (κ2) is 6.14. The Morgan fingerprint density at radius 1 is 1.19 bits per heavy atom. The summed E-state index contributed by atoms with van der Waals surface area (Å²) in [5.41, 5.74) is 2.63. The smallest absolute Gasteiger partial charge is 0.407 e. The Morgan fingerprint density at radius 3 is 2.73 bits per heavy atom. The van der Waals surface area contributed by atoms with Crippen molar-refractivity contribution in [2.45, 2.75) is 19.5 Å². The van der Waals surface area contributed by atoms with Crippen molar-refractivity contribution in [2.24, 2.45) is 0 Å². The second-order valence-electron chi connectivity index (χ2n) is 6.20. The van der Waals surface area contributed by atoms with Crippen molar-refractivity contribution in [1.82, 2.24) is 9.47 Å². The molecule has 0 aliphatic carbocycles. The van der Waals surface area contributed by atoms with Crippen molar-refractivity contribution in [3.63, 3.8) is 0 Å². The van der Waals surface area contributed by atoms with E-state index in [0.29, 0.717) is 18.6 Å². The van der Waals surface area contributed by atoms with Crippen molar-refractivity contribution in [1.29, 1.82) is 0 Å². The predicted molar refractivity (Wildman–Crippen MR) is 92.7 cm³/mol. The third kappa shape index (κ3) is 2.75. The van der Waals surface area contributed by atoms with Gasteiger partial charge in [-0.25, -0.2) is 4.79 Å². The lowest BCUT2D eigenvalue weighted by Gasteiger charge is -2.28. The third-order valence-corrected chi connectivity index (χ3v) is 4.64.